The van der Waals surface area contributed by atoms with Crippen LogP contribution in [0.1, 0.15) is 13.3 Å². The number of nitrogens with one attached hydrogen (secondary N) is 1. The van der Waals surface area contributed by atoms with Crippen molar-refractivity contribution in [2.24, 2.45) is 0 Å². The molecule has 0 aromatic heterocycles. The number of rotatable bonds is 5. The fraction of sp³-hybridized carbons (Fsp3) is 0.333. The maximum Gasteiger partial charge on any atom is 0.323 e. The van der Waals surface area contributed by atoms with Gasteiger partial charge >= 0.3 is 12.0 Å². The van der Waals surface area contributed by atoms with Gasteiger partial charge in [-0.15, -0.1) is 0 Å². The highest BCUT2D eigenvalue weighted by Crippen LogP contribution is 2.34. The minimum atomic E-state index is -1.04. The first-order valence-corrected chi connectivity index (χ1v) is 8.15. The minimum Gasteiger partial charge on any atom is -0.480 e. The van der Waals surface area contributed by atoms with E-state index in [0.717, 1.165) is 4.47 Å². The van der Waals surface area contributed by atoms with Gasteiger partial charge in [0, 0.05) is 20.0 Å². The number of benzene rings is 1. The summed E-state index contributed by atoms with van der Waals surface area (Å²) in [4.78, 5) is 24.2. The molecule has 0 saturated heterocycles. The molecule has 110 valence electrons. The van der Waals surface area contributed by atoms with Crippen LogP contribution in [-0.2, 0) is 4.79 Å². The van der Waals surface area contributed by atoms with Gasteiger partial charge in [0.2, 0.25) is 0 Å². The molecule has 0 heterocycles. The van der Waals surface area contributed by atoms with E-state index in [-0.39, 0.29) is 6.54 Å². The molecule has 2 N–H and O–H groups in total. The number of amides is 2. The van der Waals surface area contributed by atoms with Crippen LogP contribution in [0.25, 0.3) is 0 Å². The lowest BCUT2D eigenvalue weighted by molar-refractivity contribution is -0.137. The van der Waals surface area contributed by atoms with E-state index in [1.165, 1.54) is 4.90 Å². The molecular formula is C12H13Br3N2O3. The number of nitrogens with zero attached hydrogens (tertiary/aromatic N) is 1. The summed E-state index contributed by atoms with van der Waals surface area (Å²) in [6, 6.07) is 3.14. The number of carbonyl (C=O) groups excluding carboxylic acids is 1. The molecule has 1 aromatic carbocycles. The number of aliphatic carboxylic acids is 1. The quantitative estimate of drug-likeness (QED) is 0.671. The van der Waals surface area contributed by atoms with Gasteiger partial charge < -0.3 is 15.3 Å². The van der Waals surface area contributed by atoms with E-state index >= 15 is 0 Å². The summed E-state index contributed by atoms with van der Waals surface area (Å²) in [6.45, 7) is 1.93. The van der Waals surface area contributed by atoms with Gasteiger partial charge in [-0.2, -0.15) is 0 Å². The summed E-state index contributed by atoms with van der Waals surface area (Å²) in [5.41, 5.74) is 0.560. The first-order chi connectivity index (χ1) is 9.35. The highest BCUT2D eigenvalue weighted by molar-refractivity contribution is 9.11. The Morgan fingerprint density at radius 1 is 1.25 bits per heavy atom. The number of anilines is 1. The number of halogens is 3. The Hall–Kier alpha value is -0.600. The number of carboxylic acid groups (broad SMARTS) is 1. The van der Waals surface area contributed by atoms with Crippen LogP contribution in [0.2, 0.25) is 0 Å². The van der Waals surface area contributed by atoms with Crippen LogP contribution in [0.3, 0.4) is 0 Å². The van der Waals surface area contributed by atoms with Crippen molar-refractivity contribution < 1.29 is 14.7 Å². The summed E-state index contributed by atoms with van der Waals surface area (Å²) >= 11 is 10.1. The second-order valence-electron chi connectivity index (χ2n) is 3.99. The van der Waals surface area contributed by atoms with Crippen LogP contribution in [0, 0.1) is 0 Å². The SMILES string of the molecule is CCCN(CC(=O)O)C(=O)Nc1c(Br)cc(Br)cc1Br. The van der Waals surface area contributed by atoms with Gasteiger partial charge in [0.1, 0.15) is 6.54 Å². The Bertz CT molecular complexity index is 500. The molecule has 0 atom stereocenters. The number of carboxylic acids is 1. The van der Waals surface area contributed by atoms with Crippen molar-refractivity contribution in [2.45, 2.75) is 13.3 Å². The fourth-order valence-electron chi connectivity index (χ4n) is 1.53. The van der Waals surface area contributed by atoms with Crippen molar-refractivity contribution in [1.82, 2.24) is 4.90 Å². The van der Waals surface area contributed by atoms with Crippen molar-refractivity contribution in [3.63, 3.8) is 0 Å². The zero-order valence-electron chi connectivity index (χ0n) is 10.6. The maximum atomic E-state index is 12.1. The third-order valence-corrected chi connectivity index (χ3v) is 4.05. The van der Waals surface area contributed by atoms with E-state index in [9.17, 15) is 9.59 Å². The molecule has 0 fully saturated rings. The van der Waals surface area contributed by atoms with Crippen LogP contribution in [-0.4, -0.2) is 35.1 Å². The molecule has 0 aliphatic carbocycles. The molecule has 1 rings (SSSR count). The van der Waals surface area contributed by atoms with E-state index in [2.05, 4.69) is 53.1 Å². The molecule has 20 heavy (non-hydrogen) atoms. The first-order valence-electron chi connectivity index (χ1n) is 5.77. The van der Waals surface area contributed by atoms with Crippen LogP contribution in [0.4, 0.5) is 10.5 Å². The van der Waals surface area contributed by atoms with Crippen molar-refractivity contribution in [3.05, 3.63) is 25.6 Å². The Morgan fingerprint density at radius 3 is 2.25 bits per heavy atom. The van der Waals surface area contributed by atoms with Crippen molar-refractivity contribution >= 4 is 65.5 Å². The Morgan fingerprint density at radius 2 is 1.80 bits per heavy atom. The van der Waals surface area contributed by atoms with E-state index in [1.54, 1.807) is 12.1 Å². The number of urea groups is 1. The molecule has 0 aliphatic heterocycles. The molecule has 0 spiro atoms. The third kappa shape index (κ3) is 5.06. The smallest absolute Gasteiger partial charge is 0.323 e. The lowest BCUT2D eigenvalue weighted by Gasteiger charge is -2.21. The number of carbonyl (C=O) groups is 2. The molecular weight excluding hydrogens is 460 g/mol. The lowest BCUT2D eigenvalue weighted by atomic mass is 10.3. The van der Waals surface area contributed by atoms with E-state index in [0.29, 0.717) is 27.6 Å². The Labute approximate surface area is 142 Å². The second kappa shape index (κ2) is 7.99. The van der Waals surface area contributed by atoms with Gasteiger partial charge in [-0.05, 0) is 50.4 Å². The van der Waals surface area contributed by atoms with Crippen molar-refractivity contribution in [1.29, 1.82) is 0 Å². The predicted molar refractivity (Wildman–Crippen MR) is 88.1 cm³/mol. The number of hydrogen-bond donors (Lipinski definition) is 2. The molecule has 8 heteroatoms. The van der Waals surface area contributed by atoms with E-state index in [4.69, 9.17) is 5.11 Å². The largest absolute Gasteiger partial charge is 0.480 e. The van der Waals surface area contributed by atoms with Gasteiger partial charge in [-0.3, -0.25) is 4.79 Å². The van der Waals surface area contributed by atoms with Crippen LogP contribution < -0.4 is 5.32 Å². The van der Waals surface area contributed by atoms with Crippen molar-refractivity contribution in [3.8, 4) is 0 Å². The fourth-order valence-corrected chi connectivity index (χ4v) is 3.99. The van der Waals surface area contributed by atoms with Gasteiger partial charge in [0.25, 0.3) is 0 Å². The highest BCUT2D eigenvalue weighted by Gasteiger charge is 2.18. The number of hydrogen-bond acceptors (Lipinski definition) is 2. The molecule has 2 amide bonds. The second-order valence-corrected chi connectivity index (χ2v) is 6.61. The van der Waals surface area contributed by atoms with Gasteiger partial charge in [-0.25, -0.2) is 4.79 Å². The molecule has 1 aromatic rings. The molecule has 0 saturated carbocycles. The van der Waals surface area contributed by atoms with Crippen LogP contribution >= 0.6 is 47.8 Å². The average molecular weight is 473 g/mol. The average Bonchev–Trinajstić information content (AvgIpc) is 2.32. The molecule has 0 radical (unpaired) electrons. The van der Waals surface area contributed by atoms with E-state index in [1.807, 2.05) is 6.92 Å². The minimum absolute atomic E-state index is 0.328. The Balaban J connectivity index is 2.90. The first kappa shape index (κ1) is 17.5. The molecule has 0 unspecified atom stereocenters. The molecule has 5 nitrogen and oxygen atoms in total. The standard InChI is InChI=1S/C12H13Br3N2O3/c1-2-3-17(6-10(18)19)12(20)16-11-8(14)4-7(13)5-9(11)15/h4-5H,2-3,6H2,1H3,(H,16,20)(H,18,19). The Kier molecular flexibility index (Phi) is 6.97. The molecule has 0 aliphatic rings. The summed E-state index contributed by atoms with van der Waals surface area (Å²) in [6.07, 6.45) is 0.684. The van der Waals surface area contributed by atoms with Crippen LogP contribution in [0.15, 0.2) is 25.6 Å². The summed E-state index contributed by atoms with van der Waals surface area (Å²) < 4.78 is 2.24. The summed E-state index contributed by atoms with van der Waals surface area (Å²) in [7, 11) is 0. The molecule has 0 bridgehead atoms. The van der Waals surface area contributed by atoms with Crippen molar-refractivity contribution in [2.75, 3.05) is 18.4 Å². The predicted octanol–water partition coefficient (Wildman–Crippen LogP) is 4.30. The van der Waals surface area contributed by atoms with E-state index < -0.39 is 12.0 Å². The summed E-state index contributed by atoms with van der Waals surface area (Å²) in [5.74, 6) is -1.04. The van der Waals surface area contributed by atoms with Gasteiger partial charge in [0.05, 0.1) is 5.69 Å². The lowest BCUT2D eigenvalue weighted by Crippen LogP contribution is -2.39. The monoisotopic (exact) mass is 470 g/mol. The van der Waals surface area contributed by atoms with Crippen LogP contribution in [0.5, 0.6) is 0 Å². The van der Waals surface area contributed by atoms with Gasteiger partial charge in [-0.1, -0.05) is 22.9 Å². The third-order valence-electron chi connectivity index (χ3n) is 2.35. The zero-order chi connectivity index (χ0) is 15.3. The van der Waals surface area contributed by atoms with Gasteiger partial charge in [0.15, 0.2) is 0 Å². The topological polar surface area (TPSA) is 69.6 Å². The normalized spacial score (nSPS) is 10.2. The highest BCUT2D eigenvalue weighted by atomic mass is 79.9. The summed E-state index contributed by atoms with van der Waals surface area (Å²) in [5, 5.41) is 11.5. The zero-order valence-corrected chi connectivity index (χ0v) is 15.4. The maximum absolute atomic E-state index is 12.1.